The van der Waals surface area contributed by atoms with E-state index in [1.165, 1.54) is 87.7 Å². The lowest BCUT2D eigenvalue weighted by Gasteiger charge is -2.26. The second-order valence-electron chi connectivity index (χ2n) is 14.9. The molecule has 0 spiro atoms. The summed E-state index contributed by atoms with van der Waals surface area (Å²) in [5.74, 6) is 0. The lowest BCUT2D eigenvalue weighted by atomic mass is 10.0. The molecule has 12 aromatic rings. The maximum atomic E-state index is 2.52. The van der Waals surface area contributed by atoms with Gasteiger partial charge in [0.1, 0.15) is 0 Å². The van der Waals surface area contributed by atoms with E-state index in [1.807, 2.05) is 0 Å². The number of hydrogen-bond donors (Lipinski definition) is 0. The highest BCUT2D eigenvalue weighted by atomic mass is 15.1. The predicted molar refractivity (Wildman–Crippen MR) is 241 cm³/mol. The number of para-hydroxylation sites is 3. The zero-order valence-electron chi connectivity index (χ0n) is 31.0. The van der Waals surface area contributed by atoms with Gasteiger partial charge in [-0.1, -0.05) is 152 Å². The van der Waals surface area contributed by atoms with Crippen molar-refractivity contribution in [3.05, 3.63) is 212 Å². The summed E-state index contributed by atoms with van der Waals surface area (Å²) in [6.07, 6.45) is 0. The van der Waals surface area contributed by atoms with E-state index in [4.69, 9.17) is 0 Å². The molecule has 0 aliphatic rings. The van der Waals surface area contributed by atoms with Crippen molar-refractivity contribution < 1.29 is 0 Å². The van der Waals surface area contributed by atoms with E-state index in [0.29, 0.717) is 0 Å². The first-order chi connectivity index (χ1) is 28.3. The third-order valence-electron chi connectivity index (χ3n) is 11.8. The summed E-state index contributed by atoms with van der Waals surface area (Å²) in [6, 6.07) is 77.5. The molecule has 0 saturated carbocycles. The van der Waals surface area contributed by atoms with Crippen molar-refractivity contribution in [2.24, 2.45) is 0 Å². The number of aromatic nitrogens is 2. The fraction of sp³-hybridized carbons (Fsp3) is 0. The molecule has 57 heavy (non-hydrogen) atoms. The minimum Gasteiger partial charge on any atom is -0.310 e. The largest absolute Gasteiger partial charge is 0.310 e. The van der Waals surface area contributed by atoms with Crippen LogP contribution in [0.5, 0.6) is 0 Å². The van der Waals surface area contributed by atoms with E-state index >= 15 is 0 Å². The number of nitrogens with zero attached hydrogens (tertiary/aromatic N) is 3. The maximum Gasteiger partial charge on any atom is 0.0789 e. The van der Waals surface area contributed by atoms with Crippen LogP contribution in [0.4, 0.5) is 17.1 Å². The second kappa shape index (κ2) is 12.5. The monoisotopic (exact) mass is 725 g/mol. The average molecular weight is 726 g/mol. The number of fused-ring (bicyclic) bond motifs is 11. The molecule has 0 atom stereocenters. The summed E-state index contributed by atoms with van der Waals surface area (Å²) in [5, 5.41) is 7.41. The van der Waals surface area contributed by atoms with Crippen LogP contribution in [0.15, 0.2) is 212 Å². The van der Waals surface area contributed by atoms with Crippen LogP contribution in [-0.4, -0.2) is 8.80 Å². The molecule has 266 valence electrons. The molecule has 3 heteroatoms. The van der Waals surface area contributed by atoms with E-state index in [-0.39, 0.29) is 0 Å². The van der Waals surface area contributed by atoms with Gasteiger partial charge in [-0.05, 0) is 82.9 Å². The van der Waals surface area contributed by atoms with Gasteiger partial charge in [0.05, 0.1) is 33.1 Å². The Bertz CT molecular complexity index is 3400. The van der Waals surface area contributed by atoms with Gasteiger partial charge in [0.25, 0.3) is 0 Å². The van der Waals surface area contributed by atoms with Crippen molar-refractivity contribution in [2.75, 3.05) is 4.90 Å². The molecule has 0 unspecified atom stereocenters. The average Bonchev–Trinajstić information content (AvgIpc) is 3.80. The van der Waals surface area contributed by atoms with Gasteiger partial charge in [-0.2, -0.15) is 0 Å². The van der Waals surface area contributed by atoms with E-state index in [9.17, 15) is 0 Å². The van der Waals surface area contributed by atoms with Crippen molar-refractivity contribution in [3.8, 4) is 22.3 Å². The molecule has 0 aliphatic heterocycles. The van der Waals surface area contributed by atoms with Gasteiger partial charge in [-0.3, -0.25) is 0 Å². The van der Waals surface area contributed by atoms with Crippen LogP contribution in [0, 0.1) is 0 Å². The van der Waals surface area contributed by atoms with Gasteiger partial charge >= 0.3 is 0 Å². The molecule has 0 saturated heterocycles. The van der Waals surface area contributed by atoms with E-state index in [0.717, 1.165) is 17.1 Å². The first kappa shape index (κ1) is 31.7. The Hall–Kier alpha value is -7.62. The molecule has 9 aromatic carbocycles. The molecular weight excluding hydrogens is 691 g/mol. The maximum absolute atomic E-state index is 2.52. The van der Waals surface area contributed by atoms with Gasteiger partial charge in [0, 0.05) is 49.4 Å². The highest BCUT2D eigenvalue weighted by Crippen LogP contribution is 2.44. The molecule has 0 fully saturated rings. The molecule has 3 aromatic heterocycles. The predicted octanol–water partition coefficient (Wildman–Crippen LogP) is 14.8. The van der Waals surface area contributed by atoms with Gasteiger partial charge in [0.2, 0.25) is 0 Å². The molecule has 12 rings (SSSR count). The molecule has 0 N–H and O–H groups in total. The Morgan fingerprint density at radius 1 is 0.246 bits per heavy atom. The first-order valence-electron chi connectivity index (χ1n) is 19.6. The fourth-order valence-corrected chi connectivity index (χ4v) is 9.29. The lowest BCUT2D eigenvalue weighted by Crippen LogP contribution is -2.10. The summed E-state index contributed by atoms with van der Waals surface area (Å²) in [7, 11) is 0. The summed E-state index contributed by atoms with van der Waals surface area (Å²) in [4.78, 5) is 2.39. The topological polar surface area (TPSA) is 12.1 Å². The Kier molecular flexibility index (Phi) is 6.93. The Morgan fingerprint density at radius 2 is 0.596 bits per heavy atom. The van der Waals surface area contributed by atoms with Crippen molar-refractivity contribution in [2.45, 2.75) is 0 Å². The van der Waals surface area contributed by atoms with Gasteiger partial charge in [-0.15, -0.1) is 0 Å². The van der Waals surface area contributed by atoms with Crippen LogP contribution in [0.1, 0.15) is 0 Å². The third kappa shape index (κ3) is 4.79. The van der Waals surface area contributed by atoms with Crippen molar-refractivity contribution in [1.82, 2.24) is 8.80 Å². The number of anilines is 3. The smallest absolute Gasteiger partial charge is 0.0789 e. The van der Waals surface area contributed by atoms with Crippen LogP contribution in [0.3, 0.4) is 0 Å². The Balaban J connectivity index is 1.18. The van der Waals surface area contributed by atoms with E-state index < -0.39 is 0 Å². The van der Waals surface area contributed by atoms with Crippen LogP contribution >= 0.6 is 0 Å². The minimum absolute atomic E-state index is 1.09. The van der Waals surface area contributed by atoms with Crippen LogP contribution in [0.25, 0.3) is 87.7 Å². The normalized spacial score (nSPS) is 11.9. The molecule has 3 nitrogen and oxygen atoms in total. The quantitative estimate of drug-likeness (QED) is 0.172. The van der Waals surface area contributed by atoms with E-state index in [1.54, 1.807) is 0 Å². The van der Waals surface area contributed by atoms with Gasteiger partial charge in [0.15, 0.2) is 0 Å². The van der Waals surface area contributed by atoms with Crippen molar-refractivity contribution in [1.29, 1.82) is 0 Å². The molecule has 0 aliphatic carbocycles. The Labute approximate surface area is 329 Å². The summed E-state index contributed by atoms with van der Waals surface area (Å²) >= 11 is 0. The van der Waals surface area contributed by atoms with Crippen LogP contribution in [0.2, 0.25) is 0 Å². The minimum atomic E-state index is 1.09. The molecule has 0 bridgehead atoms. The molecule has 0 amide bonds. The second-order valence-corrected chi connectivity index (χ2v) is 14.9. The Morgan fingerprint density at radius 3 is 1.05 bits per heavy atom. The van der Waals surface area contributed by atoms with Gasteiger partial charge in [-0.25, -0.2) is 0 Å². The van der Waals surface area contributed by atoms with Crippen molar-refractivity contribution in [3.63, 3.8) is 0 Å². The van der Waals surface area contributed by atoms with Crippen molar-refractivity contribution >= 4 is 82.5 Å². The zero-order valence-corrected chi connectivity index (χ0v) is 31.0. The number of benzene rings is 9. The van der Waals surface area contributed by atoms with Gasteiger partial charge < -0.3 is 13.7 Å². The summed E-state index contributed by atoms with van der Waals surface area (Å²) in [6.45, 7) is 0. The van der Waals surface area contributed by atoms with E-state index in [2.05, 4.69) is 226 Å². The summed E-state index contributed by atoms with van der Waals surface area (Å²) in [5.41, 5.74) is 15.3. The number of hydrogen-bond acceptors (Lipinski definition) is 1. The fourth-order valence-electron chi connectivity index (χ4n) is 9.29. The number of rotatable bonds is 5. The zero-order chi connectivity index (χ0) is 37.5. The SMILES string of the molecule is c1ccc(-c2ccc(N(c3ccc(-c4ccccc4)cc3)c3ccc4c(c3)c3ccccc3n3c5ccccc5c5ccc6c7ccccc7n4c6c53)cc2)cc1. The standard InChI is InChI=1S/C54H35N3/c1-3-13-36(14-4-1)38-23-27-40(28-24-38)55(41-29-25-39(26-30-41)37-15-5-2-6-16-37)42-31-34-52-48(35-42)45-19-9-12-22-51(45)56-49-20-10-7-17-43(49)46-32-33-47-44-18-8-11-21-50(44)57(52)54(47)53(46)56/h1-35H. The van der Waals surface area contributed by atoms with Crippen LogP contribution in [-0.2, 0) is 0 Å². The highest BCUT2D eigenvalue weighted by molar-refractivity contribution is 6.25. The third-order valence-corrected chi connectivity index (χ3v) is 11.8. The lowest BCUT2D eigenvalue weighted by molar-refractivity contribution is 1.28. The highest BCUT2D eigenvalue weighted by Gasteiger charge is 2.21. The molecule has 0 radical (unpaired) electrons. The summed E-state index contributed by atoms with van der Waals surface area (Å²) < 4.78 is 5.03. The first-order valence-corrected chi connectivity index (χ1v) is 19.6. The van der Waals surface area contributed by atoms with Crippen LogP contribution < -0.4 is 4.90 Å². The molecular formula is C54H35N3. The molecule has 3 heterocycles.